The lowest BCUT2D eigenvalue weighted by Gasteiger charge is -2.10. The Kier molecular flexibility index (Phi) is 5.19. The summed E-state index contributed by atoms with van der Waals surface area (Å²) in [6, 6.07) is 10.3. The van der Waals surface area contributed by atoms with Crippen LogP contribution in [0.3, 0.4) is 0 Å². The van der Waals surface area contributed by atoms with E-state index in [1.54, 1.807) is 24.3 Å². The van der Waals surface area contributed by atoms with Crippen molar-refractivity contribution >= 4 is 34.8 Å². The average Bonchev–Trinajstić information content (AvgIpc) is 2.49. The highest BCUT2D eigenvalue weighted by molar-refractivity contribution is 6.43. The lowest BCUT2D eigenvalue weighted by atomic mass is 10.1. The largest absolute Gasteiger partial charge is 0.495 e. The Morgan fingerprint density at radius 2 is 1.71 bits per heavy atom. The normalized spacial score (nSPS) is 10.0. The van der Waals surface area contributed by atoms with Crippen molar-refractivity contribution in [3.8, 4) is 17.6 Å². The third-order valence-corrected chi connectivity index (χ3v) is 3.77. The molecule has 0 aliphatic rings. The molecule has 0 unspecified atom stereocenters. The van der Waals surface area contributed by atoms with Gasteiger partial charge < -0.3 is 9.47 Å². The molecule has 0 spiro atoms. The molecule has 2 rings (SSSR count). The summed E-state index contributed by atoms with van der Waals surface area (Å²) in [5.74, 6) is 0.938. The van der Waals surface area contributed by atoms with Crippen LogP contribution in [0.2, 0.25) is 15.1 Å². The molecular weight excluding hydrogens is 333 g/mol. The van der Waals surface area contributed by atoms with Crippen molar-refractivity contribution in [2.45, 2.75) is 6.61 Å². The predicted octanol–water partition coefficient (Wildman–Crippen LogP) is 5.11. The van der Waals surface area contributed by atoms with Gasteiger partial charge >= 0.3 is 0 Å². The molecule has 0 saturated heterocycles. The summed E-state index contributed by atoms with van der Waals surface area (Å²) in [7, 11) is 1.51. The third-order valence-electron chi connectivity index (χ3n) is 2.76. The van der Waals surface area contributed by atoms with E-state index in [2.05, 4.69) is 6.07 Å². The van der Waals surface area contributed by atoms with E-state index in [1.165, 1.54) is 13.2 Å². The van der Waals surface area contributed by atoms with E-state index in [1.807, 2.05) is 0 Å². The number of ether oxygens (including phenoxy) is 2. The summed E-state index contributed by atoms with van der Waals surface area (Å²) in [4.78, 5) is 0. The first-order valence-electron chi connectivity index (χ1n) is 5.89. The number of methoxy groups -OCH3 is 1. The van der Waals surface area contributed by atoms with Crippen LogP contribution in [0.4, 0.5) is 0 Å². The molecule has 0 saturated carbocycles. The van der Waals surface area contributed by atoms with Crippen LogP contribution in [0.25, 0.3) is 0 Å². The Morgan fingerprint density at radius 3 is 2.38 bits per heavy atom. The molecule has 0 N–H and O–H groups in total. The van der Waals surface area contributed by atoms with Crippen molar-refractivity contribution in [2.75, 3.05) is 7.11 Å². The SMILES string of the molecule is COc1cc(COc2cc(Cl)c(Cl)cc2Cl)ccc1C#N. The monoisotopic (exact) mass is 341 g/mol. The Morgan fingerprint density at radius 1 is 1.00 bits per heavy atom. The van der Waals surface area contributed by atoms with Gasteiger partial charge in [0.05, 0.1) is 27.7 Å². The van der Waals surface area contributed by atoms with E-state index in [-0.39, 0.29) is 6.61 Å². The van der Waals surface area contributed by atoms with E-state index in [0.29, 0.717) is 32.1 Å². The number of hydrogen-bond acceptors (Lipinski definition) is 3. The first kappa shape index (κ1) is 15.8. The van der Waals surface area contributed by atoms with Crippen LogP contribution < -0.4 is 9.47 Å². The highest BCUT2D eigenvalue weighted by Gasteiger charge is 2.09. The minimum absolute atomic E-state index is 0.264. The third kappa shape index (κ3) is 3.74. The van der Waals surface area contributed by atoms with Crippen molar-refractivity contribution in [1.82, 2.24) is 0 Å². The first-order chi connectivity index (χ1) is 10.0. The van der Waals surface area contributed by atoms with Gasteiger partial charge in [0.25, 0.3) is 0 Å². The van der Waals surface area contributed by atoms with E-state index >= 15 is 0 Å². The fourth-order valence-corrected chi connectivity index (χ4v) is 2.29. The van der Waals surface area contributed by atoms with Crippen molar-refractivity contribution in [3.05, 3.63) is 56.5 Å². The van der Waals surface area contributed by atoms with Gasteiger partial charge in [0.1, 0.15) is 24.2 Å². The minimum Gasteiger partial charge on any atom is -0.495 e. The molecule has 0 fully saturated rings. The number of halogens is 3. The molecule has 0 radical (unpaired) electrons. The highest BCUT2D eigenvalue weighted by atomic mass is 35.5. The summed E-state index contributed by atoms with van der Waals surface area (Å²) in [5, 5.41) is 10.1. The van der Waals surface area contributed by atoms with Crippen LogP contribution in [-0.2, 0) is 6.61 Å². The molecular formula is C15H10Cl3NO2. The number of hydrogen-bond donors (Lipinski definition) is 0. The molecule has 0 aliphatic heterocycles. The number of benzene rings is 2. The summed E-state index contributed by atoms with van der Waals surface area (Å²) in [6.45, 7) is 0.264. The van der Waals surface area contributed by atoms with Gasteiger partial charge in [0.2, 0.25) is 0 Å². The molecule has 0 bridgehead atoms. The van der Waals surface area contributed by atoms with Gasteiger partial charge in [-0.15, -0.1) is 0 Å². The maximum absolute atomic E-state index is 8.94. The van der Waals surface area contributed by atoms with E-state index in [4.69, 9.17) is 49.5 Å². The second-order valence-electron chi connectivity index (χ2n) is 4.13. The summed E-state index contributed by atoms with van der Waals surface area (Å²) >= 11 is 17.8. The number of rotatable bonds is 4. The molecule has 2 aromatic carbocycles. The molecule has 108 valence electrons. The molecule has 0 aromatic heterocycles. The summed E-state index contributed by atoms with van der Waals surface area (Å²) < 4.78 is 10.8. The lowest BCUT2D eigenvalue weighted by Crippen LogP contribution is -1.98. The maximum Gasteiger partial charge on any atom is 0.139 e. The van der Waals surface area contributed by atoms with Crippen LogP contribution in [0.5, 0.6) is 11.5 Å². The van der Waals surface area contributed by atoms with Crippen LogP contribution >= 0.6 is 34.8 Å². The van der Waals surface area contributed by atoms with Crippen molar-refractivity contribution < 1.29 is 9.47 Å². The fourth-order valence-electron chi connectivity index (χ4n) is 1.69. The van der Waals surface area contributed by atoms with Crippen LogP contribution in [-0.4, -0.2) is 7.11 Å². The van der Waals surface area contributed by atoms with Gasteiger partial charge in [-0.1, -0.05) is 40.9 Å². The van der Waals surface area contributed by atoms with E-state index in [0.717, 1.165) is 5.56 Å². The Hall–Kier alpha value is -1.60. The predicted molar refractivity (Wildman–Crippen MR) is 83.5 cm³/mol. The molecule has 3 nitrogen and oxygen atoms in total. The van der Waals surface area contributed by atoms with Crippen molar-refractivity contribution in [3.63, 3.8) is 0 Å². The van der Waals surface area contributed by atoms with Gasteiger partial charge in [-0.2, -0.15) is 5.26 Å². The maximum atomic E-state index is 8.94. The zero-order chi connectivity index (χ0) is 15.4. The Bertz CT molecular complexity index is 711. The van der Waals surface area contributed by atoms with Crippen molar-refractivity contribution in [1.29, 1.82) is 5.26 Å². The Balaban J connectivity index is 2.17. The first-order valence-corrected chi connectivity index (χ1v) is 7.03. The zero-order valence-electron chi connectivity index (χ0n) is 11.0. The van der Waals surface area contributed by atoms with Crippen LogP contribution in [0.1, 0.15) is 11.1 Å². The topological polar surface area (TPSA) is 42.2 Å². The van der Waals surface area contributed by atoms with Gasteiger partial charge in [-0.05, 0) is 23.8 Å². The van der Waals surface area contributed by atoms with E-state index < -0.39 is 0 Å². The number of nitrogens with zero attached hydrogens (tertiary/aromatic N) is 1. The quantitative estimate of drug-likeness (QED) is 0.725. The fraction of sp³-hybridized carbons (Fsp3) is 0.133. The van der Waals surface area contributed by atoms with Gasteiger partial charge in [0.15, 0.2) is 0 Å². The molecule has 2 aromatic rings. The molecule has 6 heteroatoms. The van der Waals surface area contributed by atoms with Crippen LogP contribution in [0.15, 0.2) is 30.3 Å². The van der Waals surface area contributed by atoms with Gasteiger partial charge in [-0.25, -0.2) is 0 Å². The highest BCUT2D eigenvalue weighted by Crippen LogP contribution is 2.34. The summed E-state index contributed by atoms with van der Waals surface area (Å²) in [6.07, 6.45) is 0. The summed E-state index contributed by atoms with van der Waals surface area (Å²) in [5.41, 5.74) is 1.31. The van der Waals surface area contributed by atoms with Crippen LogP contribution in [0, 0.1) is 11.3 Å². The average molecular weight is 343 g/mol. The zero-order valence-corrected chi connectivity index (χ0v) is 13.3. The minimum atomic E-state index is 0.264. The van der Waals surface area contributed by atoms with E-state index in [9.17, 15) is 0 Å². The van der Waals surface area contributed by atoms with Gasteiger partial charge in [-0.3, -0.25) is 0 Å². The molecule has 21 heavy (non-hydrogen) atoms. The molecule has 0 aliphatic carbocycles. The molecule has 0 heterocycles. The van der Waals surface area contributed by atoms with Crippen molar-refractivity contribution in [2.24, 2.45) is 0 Å². The molecule has 0 atom stereocenters. The standard InChI is InChI=1S/C15H10Cl3NO2/c1-20-14-4-9(2-3-10(14)7-19)8-21-15-6-12(17)11(16)5-13(15)18/h2-6H,8H2,1H3. The number of nitriles is 1. The lowest BCUT2D eigenvalue weighted by molar-refractivity contribution is 0.305. The Labute approximate surface area is 137 Å². The second kappa shape index (κ2) is 6.91. The smallest absolute Gasteiger partial charge is 0.139 e. The molecule has 0 amide bonds. The van der Waals surface area contributed by atoms with Gasteiger partial charge in [0, 0.05) is 6.07 Å². The second-order valence-corrected chi connectivity index (χ2v) is 5.35.